The molecule has 2 aromatic heterocycles. The molecule has 2 aromatic rings. The Morgan fingerprint density at radius 1 is 1.46 bits per heavy atom. The third-order valence-corrected chi connectivity index (χ3v) is 6.50. The summed E-state index contributed by atoms with van der Waals surface area (Å²) >= 11 is 8.89. The number of ether oxygens (including phenoxy) is 1. The van der Waals surface area contributed by atoms with Crippen LogP contribution in [0, 0.1) is 5.41 Å². The van der Waals surface area contributed by atoms with Crippen molar-refractivity contribution in [1.82, 2.24) is 15.6 Å². The van der Waals surface area contributed by atoms with Crippen LogP contribution in [0.1, 0.15) is 23.3 Å². The average molecular weight is 386 g/mol. The standard InChI is InChI=1S/C16H20ClN3O2S2/c1-22-10-16(4-6-18-7-5-16)9-19-14(21)11-8-23-15(20-11)12-2-3-13(17)24-12/h2-3,8,18H,4-7,9-10H2,1H3,(H,19,21). The van der Waals surface area contributed by atoms with Gasteiger partial charge < -0.3 is 15.4 Å². The number of amides is 1. The van der Waals surface area contributed by atoms with Gasteiger partial charge in [-0.2, -0.15) is 0 Å². The van der Waals surface area contributed by atoms with Gasteiger partial charge in [0.15, 0.2) is 0 Å². The van der Waals surface area contributed by atoms with Gasteiger partial charge in [-0.05, 0) is 38.1 Å². The molecule has 0 atom stereocenters. The fourth-order valence-electron chi connectivity index (χ4n) is 2.91. The van der Waals surface area contributed by atoms with E-state index in [9.17, 15) is 4.79 Å². The van der Waals surface area contributed by atoms with Crippen LogP contribution in [0.2, 0.25) is 4.34 Å². The van der Waals surface area contributed by atoms with Crippen LogP contribution in [0.25, 0.3) is 9.88 Å². The van der Waals surface area contributed by atoms with Crippen molar-refractivity contribution in [3.05, 3.63) is 27.5 Å². The van der Waals surface area contributed by atoms with Crippen LogP contribution in [0.15, 0.2) is 17.5 Å². The normalized spacial score (nSPS) is 16.9. The first-order valence-corrected chi connectivity index (χ1v) is 9.88. The summed E-state index contributed by atoms with van der Waals surface area (Å²) in [6, 6.07) is 3.77. The number of piperidine rings is 1. The molecule has 0 aromatic carbocycles. The molecule has 0 bridgehead atoms. The number of carbonyl (C=O) groups is 1. The fourth-order valence-corrected chi connectivity index (χ4v) is 4.83. The van der Waals surface area contributed by atoms with Gasteiger partial charge in [0.05, 0.1) is 15.8 Å². The molecule has 0 radical (unpaired) electrons. The number of hydrogen-bond acceptors (Lipinski definition) is 6. The smallest absolute Gasteiger partial charge is 0.270 e. The number of aromatic nitrogens is 1. The second kappa shape index (κ2) is 7.93. The van der Waals surface area contributed by atoms with Crippen molar-refractivity contribution in [2.75, 3.05) is 33.4 Å². The Balaban J connectivity index is 1.63. The van der Waals surface area contributed by atoms with Gasteiger partial charge in [-0.3, -0.25) is 4.79 Å². The van der Waals surface area contributed by atoms with Gasteiger partial charge in [0.25, 0.3) is 5.91 Å². The van der Waals surface area contributed by atoms with Gasteiger partial charge in [0.1, 0.15) is 10.7 Å². The third kappa shape index (κ3) is 4.15. The van der Waals surface area contributed by atoms with Crippen molar-refractivity contribution in [2.24, 2.45) is 5.41 Å². The monoisotopic (exact) mass is 385 g/mol. The SMILES string of the molecule is COCC1(CNC(=O)c2csc(-c3ccc(Cl)s3)n2)CCNCC1. The van der Waals surface area contributed by atoms with Gasteiger partial charge in [0, 0.05) is 24.4 Å². The molecule has 2 N–H and O–H groups in total. The molecule has 1 aliphatic heterocycles. The van der Waals surface area contributed by atoms with Gasteiger partial charge in [-0.15, -0.1) is 22.7 Å². The zero-order chi connectivity index (χ0) is 17.0. The number of carbonyl (C=O) groups excluding carboxylic acids is 1. The number of thiophene rings is 1. The number of halogens is 1. The molecule has 5 nitrogen and oxygen atoms in total. The Bertz CT molecular complexity index is 690. The summed E-state index contributed by atoms with van der Waals surface area (Å²) in [5.74, 6) is -0.130. The van der Waals surface area contributed by atoms with Crippen LogP contribution in [0.5, 0.6) is 0 Å². The van der Waals surface area contributed by atoms with Gasteiger partial charge in [0.2, 0.25) is 0 Å². The van der Waals surface area contributed by atoms with Crippen LogP contribution < -0.4 is 10.6 Å². The number of thiazole rings is 1. The maximum Gasteiger partial charge on any atom is 0.270 e. The molecular weight excluding hydrogens is 366 g/mol. The third-order valence-electron chi connectivity index (χ3n) is 4.26. The molecule has 0 spiro atoms. The minimum absolute atomic E-state index is 0.00971. The van der Waals surface area contributed by atoms with Crippen molar-refractivity contribution in [3.63, 3.8) is 0 Å². The van der Waals surface area contributed by atoms with Crippen molar-refractivity contribution < 1.29 is 9.53 Å². The highest BCUT2D eigenvalue weighted by atomic mass is 35.5. The molecule has 1 fully saturated rings. The Labute approximate surface area is 154 Å². The quantitative estimate of drug-likeness (QED) is 0.801. The first-order chi connectivity index (χ1) is 11.6. The van der Waals surface area contributed by atoms with Crippen molar-refractivity contribution in [1.29, 1.82) is 0 Å². The Morgan fingerprint density at radius 2 is 2.25 bits per heavy atom. The Hall–Kier alpha value is -0.990. The maximum absolute atomic E-state index is 12.4. The average Bonchev–Trinajstić information content (AvgIpc) is 3.23. The Morgan fingerprint density at radius 3 is 2.92 bits per heavy atom. The lowest BCUT2D eigenvalue weighted by Gasteiger charge is -2.37. The van der Waals surface area contributed by atoms with Crippen LogP contribution in [-0.2, 0) is 4.74 Å². The maximum atomic E-state index is 12.4. The molecule has 1 aliphatic rings. The molecule has 130 valence electrons. The van der Waals surface area contributed by atoms with E-state index < -0.39 is 0 Å². The van der Waals surface area contributed by atoms with E-state index in [2.05, 4.69) is 15.6 Å². The zero-order valence-electron chi connectivity index (χ0n) is 13.4. The topological polar surface area (TPSA) is 63.2 Å². The number of methoxy groups -OCH3 is 1. The number of nitrogens with one attached hydrogen (secondary N) is 2. The van der Waals surface area contributed by atoms with E-state index in [1.807, 2.05) is 12.1 Å². The van der Waals surface area contributed by atoms with E-state index in [-0.39, 0.29) is 11.3 Å². The molecule has 24 heavy (non-hydrogen) atoms. The number of rotatable bonds is 6. The summed E-state index contributed by atoms with van der Waals surface area (Å²) in [5.41, 5.74) is 0.469. The summed E-state index contributed by atoms with van der Waals surface area (Å²) in [6.07, 6.45) is 1.99. The van der Waals surface area contributed by atoms with E-state index in [1.54, 1.807) is 12.5 Å². The van der Waals surface area contributed by atoms with E-state index >= 15 is 0 Å². The first-order valence-electron chi connectivity index (χ1n) is 7.81. The van der Waals surface area contributed by atoms with E-state index in [4.69, 9.17) is 16.3 Å². The first kappa shape index (κ1) is 17.8. The lowest BCUT2D eigenvalue weighted by atomic mass is 9.79. The zero-order valence-corrected chi connectivity index (χ0v) is 15.8. The summed E-state index contributed by atoms with van der Waals surface area (Å²) in [4.78, 5) is 17.9. The summed E-state index contributed by atoms with van der Waals surface area (Å²) in [7, 11) is 1.71. The predicted octanol–water partition coefficient (Wildman–Crippen LogP) is 3.27. The highest BCUT2D eigenvalue weighted by molar-refractivity contribution is 7.23. The van der Waals surface area contributed by atoms with Crippen LogP contribution in [-0.4, -0.2) is 44.2 Å². The molecule has 0 aliphatic carbocycles. The van der Waals surface area contributed by atoms with Gasteiger partial charge >= 0.3 is 0 Å². The van der Waals surface area contributed by atoms with Gasteiger partial charge in [-0.25, -0.2) is 4.98 Å². The largest absolute Gasteiger partial charge is 0.384 e. The van der Waals surface area contributed by atoms with Crippen LogP contribution >= 0.6 is 34.3 Å². The minimum atomic E-state index is -0.130. The molecule has 1 amide bonds. The van der Waals surface area contributed by atoms with Crippen LogP contribution in [0.4, 0.5) is 0 Å². The van der Waals surface area contributed by atoms with Crippen molar-refractivity contribution in [2.45, 2.75) is 12.8 Å². The van der Waals surface area contributed by atoms with E-state index in [0.29, 0.717) is 18.8 Å². The van der Waals surface area contributed by atoms with Crippen molar-refractivity contribution in [3.8, 4) is 9.88 Å². The molecule has 8 heteroatoms. The second-order valence-electron chi connectivity index (χ2n) is 6.01. The lowest BCUT2D eigenvalue weighted by Crippen LogP contribution is -2.47. The predicted molar refractivity (Wildman–Crippen MR) is 99.2 cm³/mol. The second-order valence-corrected chi connectivity index (χ2v) is 8.58. The molecule has 3 rings (SSSR count). The minimum Gasteiger partial charge on any atom is -0.384 e. The lowest BCUT2D eigenvalue weighted by molar-refractivity contribution is 0.0511. The van der Waals surface area contributed by atoms with E-state index in [1.165, 1.54) is 22.7 Å². The molecule has 3 heterocycles. The summed E-state index contributed by atoms with van der Waals surface area (Å²) in [5, 5.41) is 9.01. The summed E-state index contributed by atoms with van der Waals surface area (Å²) < 4.78 is 6.10. The van der Waals surface area contributed by atoms with Crippen LogP contribution in [0.3, 0.4) is 0 Å². The summed E-state index contributed by atoms with van der Waals surface area (Å²) in [6.45, 7) is 3.18. The molecular formula is C16H20ClN3O2S2. The van der Waals surface area contributed by atoms with E-state index in [0.717, 1.165) is 40.2 Å². The van der Waals surface area contributed by atoms with Gasteiger partial charge in [-0.1, -0.05) is 11.6 Å². The molecule has 0 saturated carbocycles. The number of hydrogen-bond donors (Lipinski definition) is 2. The number of nitrogens with zero attached hydrogens (tertiary/aromatic N) is 1. The van der Waals surface area contributed by atoms with Crippen molar-refractivity contribution >= 4 is 40.2 Å². The molecule has 1 saturated heterocycles. The highest BCUT2D eigenvalue weighted by Crippen LogP contribution is 2.33. The fraction of sp³-hybridized carbons (Fsp3) is 0.500. The highest BCUT2D eigenvalue weighted by Gasteiger charge is 2.32. The Kier molecular flexibility index (Phi) is 5.89. The molecule has 0 unspecified atom stereocenters.